The van der Waals surface area contributed by atoms with Crippen LogP contribution in [0.15, 0.2) is 54.6 Å². The molecule has 186 valence electrons. The molecular weight excluding hydrogens is 439 g/mol. The van der Waals surface area contributed by atoms with E-state index in [0.29, 0.717) is 6.04 Å². The van der Waals surface area contributed by atoms with Crippen molar-refractivity contribution in [1.82, 2.24) is 19.7 Å². The Morgan fingerprint density at radius 1 is 1.00 bits per heavy atom. The molecule has 2 aliphatic rings. The van der Waals surface area contributed by atoms with Crippen LogP contribution in [0.3, 0.4) is 0 Å². The predicted octanol–water partition coefficient (Wildman–Crippen LogP) is 4.64. The molecule has 1 atom stereocenters. The first-order valence-corrected chi connectivity index (χ1v) is 13.2. The number of nitrogens with one attached hydrogen (secondary N) is 1. The molecule has 2 aliphatic heterocycles. The maximum atomic E-state index is 13.4. The second-order valence-corrected chi connectivity index (χ2v) is 10.1. The number of benzene rings is 2. The van der Waals surface area contributed by atoms with Crippen molar-refractivity contribution in [3.8, 4) is 0 Å². The molecule has 0 spiro atoms. The molecule has 0 bridgehead atoms. The number of likely N-dealkylation sites (tertiary alicyclic amines) is 2. The van der Waals surface area contributed by atoms with Crippen LogP contribution < -0.4 is 5.32 Å². The van der Waals surface area contributed by atoms with Crippen LogP contribution in [0.25, 0.3) is 10.9 Å². The first kappa shape index (κ1) is 24.0. The third-order valence-electron chi connectivity index (χ3n) is 7.91. The average molecular weight is 477 g/mol. The first-order valence-electron chi connectivity index (χ1n) is 13.2. The second kappa shape index (κ2) is 10.9. The number of carbonyl (C=O) groups is 1. The maximum absolute atomic E-state index is 13.4. The second-order valence-electron chi connectivity index (χ2n) is 10.1. The summed E-state index contributed by atoms with van der Waals surface area (Å²) in [6, 6.07) is 18.0. The summed E-state index contributed by atoms with van der Waals surface area (Å²) in [4.78, 5) is 17.8. The third-order valence-corrected chi connectivity index (χ3v) is 7.91. The normalized spacial score (nSPS) is 20.0. The lowest BCUT2D eigenvalue weighted by Crippen LogP contribution is -2.44. The topological polar surface area (TPSA) is 40.5 Å². The van der Waals surface area contributed by atoms with Gasteiger partial charge in [0.2, 0.25) is 5.91 Å². The number of nitrogens with zero attached hydrogens (tertiary/aromatic N) is 3. The van der Waals surface area contributed by atoms with Gasteiger partial charge < -0.3 is 9.88 Å². The van der Waals surface area contributed by atoms with Crippen molar-refractivity contribution in [3.05, 3.63) is 71.7 Å². The van der Waals surface area contributed by atoms with E-state index in [4.69, 9.17) is 0 Å². The van der Waals surface area contributed by atoms with Crippen molar-refractivity contribution >= 4 is 16.8 Å². The summed E-state index contributed by atoms with van der Waals surface area (Å²) in [6.45, 7) is 8.66. The van der Waals surface area contributed by atoms with Crippen LogP contribution in [-0.4, -0.2) is 59.0 Å². The van der Waals surface area contributed by atoms with Crippen LogP contribution in [-0.2, 0) is 17.9 Å². The molecule has 0 saturated carbocycles. The predicted molar refractivity (Wildman–Crippen MR) is 139 cm³/mol. The Balaban J connectivity index is 1.20. The number of amides is 1. The average Bonchev–Trinajstić information content (AvgIpc) is 3.48. The molecule has 3 aromatic rings. The lowest BCUT2D eigenvalue weighted by molar-refractivity contribution is -0.126. The summed E-state index contributed by atoms with van der Waals surface area (Å²) in [5, 5.41) is 4.48. The molecule has 5 nitrogen and oxygen atoms in total. The number of para-hydroxylation sites is 1. The third kappa shape index (κ3) is 5.60. The molecule has 6 heteroatoms. The molecule has 2 saturated heterocycles. The molecular formula is C29H37FN4O. The zero-order valence-electron chi connectivity index (χ0n) is 20.8. The molecule has 2 fully saturated rings. The highest BCUT2D eigenvalue weighted by Crippen LogP contribution is 2.25. The molecule has 35 heavy (non-hydrogen) atoms. The Kier molecular flexibility index (Phi) is 7.49. The van der Waals surface area contributed by atoms with Crippen LogP contribution in [0.5, 0.6) is 0 Å². The number of fused-ring (bicyclic) bond motifs is 1. The van der Waals surface area contributed by atoms with Gasteiger partial charge in [-0.3, -0.25) is 14.6 Å². The quantitative estimate of drug-likeness (QED) is 0.515. The van der Waals surface area contributed by atoms with Gasteiger partial charge in [0.15, 0.2) is 0 Å². The van der Waals surface area contributed by atoms with Gasteiger partial charge in [-0.15, -0.1) is 0 Å². The number of likely N-dealkylation sites (N-methyl/N-ethyl adjacent to an activating group) is 1. The minimum Gasteiger partial charge on any atom is -0.354 e. The maximum Gasteiger partial charge on any atom is 0.223 e. The van der Waals surface area contributed by atoms with E-state index in [1.165, 1.54) is 41.6 Å². The summed E-state index contributed by atoms with van der Waals surface area (Å²) in [7, 11) is 0. The Bertz CT molecular complexity index is 1130. The Labute approximate surface area is 207 Å². The van der Waals surface area contributed by atoms with Gasteiger partial charge in [0.05, 0.1) is 0 Å². The number of carbonyl (C=O) groups excluding carboxylic acids is 1. The van der Waals surface area contributed by atoms with Crippen LogP contribution >= 0.6 is 0 Å². The van der Waals surface area contributed by atoms with Gasteiger partial charge in [0.25, 0.3) is 0 Å². The SMILES string of the molecule is CCN1CCC[C@H]1CNC(=O)C1CCN(Cc2cc3ccccc3n2Cc2ccc(F)cc2)CC1. The summed E-state index contributed by atoms with van der Waals surface area (Å²) < 4.78 is 15.8. The van der Waals surface area contributed by atoms with E-state index in [0.717, 1.165) is 64.2 Å². The monoisotopic (exact) mass is 476 g/mol. The van der Waals surface area contributed by atoms with Crippen molar-refractivity contribution < 1.29 is 9.18 Å². The fraction of sp³-hybridized carbons (Fsp3) is 0.483. The van der Waals surface area contributed by atoms with Crippen molar-refractivity contribution in [3.63, 3.8) is 0 Å². The molecule has 0 aliphatic carbocycles. The number of piperidine rings is 1. The minimum atomic E-state index is -0.204. The minimum absolute atomic E-state index is 0.118. The number of hydrogen-bond donors (Lipinski definition) is 1. The van der Waals surface area contributed by atoms with E-state index in [1.807, 2.05) is 12.1 Å². The lowest BCUT2D eigenvalue weighted by atomic mass is 9.95. The summed E-state index contributed by atoms with van der Waals surface area (Å²) in [5.74, 6) is 0.148. The highest BCUT2D eigenvalue weighted by molar-refractivity contribution is 5.81. The van der Waals surface area contributed by atoms with Crippen LogP contribution in [0.4, 0.5) is 4.39 Å². The smallest absolute Gasteiger partial charge is 0.223 e. The van der Waals surface area contributed by atoms with Crippen LogP contribution in [0.1, 0.15) is 43.9 Å². The number of hydrogen-bond acceptors (Lipinski definition) is 3. The van der Waals surface area contributed by atoms with Crippen molar-refractivity contribution in [2.24, 2.45) is 5.92 Å². The molecule has 3 heterocycles. The molecule has 1 N–H and O–H groups in total. The van der Waals surface area contributed by atoms with E-state index in [9.17, 15) is 9.18 Å². The van der Waals surface area contributed by atoms with Gasteiger partial charge in [-0.05, 0) is 87.1 Å². The van der Waals surface area contributed by atoms with Gasteiger partial charge in [0.1, 0.15) is 5.82 Å². The molecule has 1 amide bonds. The summed E-state index contributed by atoms with van der Waals surface area (Å²) in [6.07, 6.45) is 4.25. The zero-order valence-corrected chi connectivity index (χ0v) is 20.8. The van der Waals surface area contributed by atoms with Gasteiger partial charge in [-0.25, -0.2) is 4.39 Å². The fourth-order valence-electron chi connectivity index (χ4n) is 5.85. The number of rotatable bonds is 8. The van der Waals surface area contributed by atoms with Gasteiger partial charge in [0, 0.05) is 42.8 Å². The molecule has 2 aromatic carbocycles. The summed E-state index contributed by atoms with van der Waals surface area (Å²) >= 11 is 0. The largest absolute Gasteiger partial charge is 0.354 e. The van der Waals surface area contributed by atoms with Gasteiger partial charge in [-0.1, -0.05) is 37.3 Å². The lowest BCUT2D eigenvalue weighted by Gasteiger charge is -2.32. The van der Waals surface area contributed by atoms with E-state index < -0.39 is 0 Å². The van der Waals surface area contributed by atoms with Crippen molar-refractivity contribution in [2.75, 3.05) is 32.7 Å². The van der Waals surface area contributed by atoms with E-state index >= 15 is 0 Å². The van der Waals surface area contributed by atoms with Crippen LogP contribution in [0.2, 0.25) is 0 Å². The molecule has 0 unspecified atom stereocenters. The van der Waals surface area contributed by atoms with Gasteiger partial charge in [-0.2, -0.15) is 0 Å². The number of aromatic nitrogens is 1. The first-order chi connectivity index (χ1) is 17.1. The Morgan fingerprint density at radius 3 is 2.54 bits per heavy atom. The van der Waals surface area contributed by atoms with Crippen molar-refractivity contribution in [2.45, 2.75) is 51.7 Å². The Hall–Kier alpha value is -2.70. The van der Waals surface area contributed by atoms with E-state index in [2.05, 4.69) is 56.9 Å². The van der Waals surface area contributed by atoms with Crippen molar-refractivity contribution in [1.29, 1.82) is 0 Å². The number of halogens is 1. The standard InChI is InChI=1S/C29H37FN4O/c1-2-33-15-5-7-26(33)19-31-29(35)23-13-16-32(17-14-23)21-27-18-24-6-3-4-8-28(24)34(27)20-22-9-11-25(30)12-10-22/h3-4,6,8-12,18,23,26H,2,5,7,13-17,19-21H2,1H3,(H,31,35)/t26-/m0/s1. The zero-order chi connectivity index (χ0) is 24.2. The molecule has 1 aromatic heterocycles. The molecule has 5 rings (SSSR count). The Morgan fingerprint density at radius 2 is 1.77 bits per heavy atom. The van der Waals surface area contributed by atoms with Crippen LogP contribution in [0, 0.1) is 11.7 Å². The van der Waals surface area contributed by atoms with E-state index in [-0.39, 0.29) is 17.6 Å². The highest BCUT2D eigenvalue weighted by Gasteiger charge is 2.28. The highest BCUT2D eigenvalue weighted by atomic mass is 19.1. The van der Waals surface area contributed by atoms with E-state index in [1.54, 1.807) is 0 Å². The fourth-order valence-corrected chi connectivity index (χ4v) is 5.85. The molecule has 0 radical (unpaired) electrons. The summed E-state index contributed by atoms with van der Waals surface area (Å²) in [5.41, 5.74) is 3.56. The van der Waals surface area contributed by atoms with Gasteiger partial charge >= 0.3 is 0 Å².